The van der Waals surface area contributed by atoms with Crippen LogP contribution in [0.4, 0.5) is 0 Å². The van der Waals surface area contributed by atoms with Gasteiger partial charge in [-0.3, -0.25) is 4.79 Å². The summed E-state index contributed by atoms with van der Waals surface area (Å²) in [6, 6.07) is 0. The van der Waals surface area contributed by atoms with Gasteiger partial charge in [0.2, 0.25) is 0 Å². The maximum Gasteiger partial charge on any atom is 0.181 e. The lowest BCUT2D eigenvalue weighted by molar-refractivity contribution is -0.152. The molecule has 4 rings (SSSR count). The van der Waals surface area contributed by atoms with E-state index in [-0.39, 0.29) is 19.9 Å². The molecule has 0 atom stereocenters. The molecule has 1 saturated heterocycles. The predicted molar refractivity (Wildman–Crippen MR) is 93.2 cm³/mol. The molecule has 2 aromatic rings. The van der Waals surface area contributed by atoms with E-state index in [0.717, 1.165) is 5.75 Å². The summed E-state index contributed by atoms with van der Waals surface area (Å²) >= 11 is 3.77. The van der Waals surface area contributed by atoms with Crippen molar-refractivity contribution in [3.63, 3.8) is 0 Å². The zero-order chi connectivity index (χ0) is 16.5. The van der Waals surface area contributed by atoms with Gasteiger partial charge in [-0.1, -0.05) is 39.5 Å². The Balaban J connectivity index is 1.86. The molecule has 122 valence electrons. The first kappa shape index (κ1) is 15.3. The standard InChI is InChI=1S/C16H20N4OS2/c1-13(2)12(21)14(3,4)16(13)22-9-15(23-16,19-7-5-17-10-19)20-8-6-18-11-20/h5-8,10-11H,9H2,1-4H3. The number of hydrogen-bond donors (Lipinski definition) is 0. The SMILES string of the molecule is CC1(C)C(=O)C(C)(C)C12SCC(n1ccnc1)(n1ccnc1)S2. The van der Waals surface area contributed by atoms with E-state index in [1.165, 1.54) is 0 Å². The highest BCUT2D eigenvalue weighted by atomic mass is 32.2. The van der Waals surface area contributed by atoms with Gasteiger partial charge in [-0.25, -0.2) is 9.97 Å². The summed E-state index contributed by atoms with van der Waals surface area (Å²) in [6.45, 7) is 8.33. The Hall–Kier alpha value is -1.21. The van der Waals surface area contributed by atoms with Gasteiger partial charge in [-0.05, 0) is 0 Å². The van der Waals surface area contributed by atoms with Crippen LogP contribution < -0.4 is 0 Å². The van der Waals surface area contributed by atoms with Crippen molar-refractivity contribution >= 4 is 29.3 Å². The zero-order valence-electron chi connectivity index (χ0n) is 13.7. The molecule has 0 N–H and O–H groups in total. The lowest BCUT2D eigenvalue weighted by Gasteiger charge is -2.62. The minimum Gasteiger partial charge on any atom is -0.304 e. The molecular weight excluding hydrogens is 328 g/mol. The third-order valence-electron chi connectivity index (χ3n) is 5.37. The smallest absolute Gasteiger partial charge is 0.181 e. The van der Waals surface area contributed by atoms with Crippen LogP contribution in [0.15, 0.2) is 37.4 Å². The lowest BCUT2D eigenvalue weighted by atomic mass is 9.53. The number of imidazole rings is 2. The van der Waals surface area contributed by atoms with Crippen LogP contribution in [-0.4, -0.2) is 34.7 Å². The monoisotopic (exact) mass is 348 g/mol. The van der Waals surface area contributed by atoms with Crippen LogP contribution >= 0.6 is 23.5 Å². The van der Waals surface area contributed by atoms with Crippen LogP contribution in [0.3, 0.4) is 0 Å². The van der Waals surface area contributed by atoms with Gasteiger partial charge in [0.05, 0.1) is 16.7 Å². The molecular formula is C16H20N4OS2. The number of carbonyl (C=O) groups is 1. The molecule has 0 aromatic carbocycles. The molecule has 5 nitrogen and oxygen atoms in total. The number of hydrogen-bond acceptors (Lipinski definition) is 5. The Labute approximate surface area is 144 Å². The second-order valence-corrected chi connectivity index (χ2v) is 10.2. The van der Waals surface area contributed by atoms with Gasteiger partial charge in [0, 0.05) is 41.4 Å². The number of aromatic nitrogens is 4. The lowest BCUT2D eigenvalue weighted by Crippen LogP contribution is -2.70. The molecule has 1 aliphatic carbocycles. The van der Waals surface area contributed by atoms with Crippen LogP contribution in [-0.2, 0) is 9.79 Å². The van der Waals surface area contributed by atoms with Gasteiger partial charge in [0.15, 0.2) is 4.99 Å². The minimum absolute atomic E-state index is 0.161. The molecule has 3 heterocycles. The number of carbonyl (C=O) groups excluding carboxylic acids is 1. The van der Waals surface area contributed by atoms with Crippen molar-refractivity contribution in [2.75, 3.05) is 5.75 Å². The first-order valence-corrected chi connectivity index (χ1v) is 9.44. The van der Waals surface area contributed by atoms with Crippen molar-refractivity contribution in [1.29, 1.82) is 0 Å². The Kier molecular flexibility index (Phi) is 2.96. The summed E-state index contributed by atoms with van der Waals surface area (Å²) in [5.74, 6) is 1.21. The van der Waals surface area contributed by atoms with Gasteiger partial charge in [-0.15, -0.1) is 11.8 Å². The Morgan fingerprint density at radius 2 is 1.52 bits per heavy atom. The maximum atomic E-state index is 12.7. The van der Waals surface area contributed by atoms with E-state index in [1.807, 2.05) is 48.6 Å². The van der Waals surface area contributed by atoms with Gasteiger partial charge < -0.3 is 9.13 Å². The Morgan fingerprint density at radius 3 is 1.96 bits per heavy atom. The average molecular weight is 348 g/mol. The van der Waals surface area contributed by atoms with Gasteiger partial charge in [-0.2, -0.15) is 0 Å². The maximum absolute atomic E-state index is 12.7. The van der Waals surface area contributed by atoms with Gasteiger partial charge >= 0.3 is 0 Å². The fourth-order valence-corrected chi connectivity index (χ4v) is 8.62. The fourth-order valence-electron chi connectivity index (χ4n) is 4.22. The van der Waals surface area contributed by atoms with Crippen LogP contribution in [0.25, 0.3) is 0 Å². The summed E-state index contributed by atoms with van der Waals surface area (Å²) in [7, 11) is 0. The molecule has 2 aliphatic rings. The van der Waals surface area contributed by atoms with E-state index < -0.39 is 0 Å². The van der Waals surface area contributed by atoms with Crippen molar-refractivity contribution in [3.05, 3.63) is 37.4 Å². The molecule has 0 radical (unpaired) electrons. The van der Waals surface area contributed by atoms with E-state index in [0.29, 0.717) is 5.78 Å². The second-order valence-electron chi connectivity index (χ2n) is 7.27. The number of Topliss-reactive ketones (excluding diaryl/α,β-unsaturated/α-hetero) is 1. The van der Waals surface area contributed by atoms with E-state index in [2.05, 4.69) is 46.8 Å². The number of ketones is 1. The van der Waals surface area contributed by atoms with Crippen LogP contribution in [0.1, 0.15) is 27.7 Å². The predicted octanol–water partition coefficient (Wildman–Crippen LogP) is 3.05. The molecule has 23 heavy (non-hydrogen) atoms. The van der Waals surface area contributed by atoms with E-state index >= 15 is 0 Å². The van der Waals surface area contributed by atoms with Gasteiger partial charge in [0.1, 0.15) is 5.78 Å². The van der Waals surface area contributed by atoms with Crippen molar-refractivity contribution < 1.29 is 4.79 Å². The summed E-state index contributed by atoms with van der Waals surface area (Å²) < 4.78 is 4.11. The van der Waals surface area contributed by atoms with E-state index in [1.54, 1.807) is 12.4 Å². The largest absolute Gasteiger partial charge is 0.304 e. The van der Waals surface area contributed by atoms with Crippen LogP contribution in [0.5, 0.6) is 0 Å². The minimum atomic E-state index is -0.352. The third kappa shape index (κ3) is 1.60. The van der Waals surface area contributed by atoms with Crippen molar-refractivity contribution in [2.24, 2.45) is 10.8 Å². The van der Waals surface area contributed by atoms with E-state index in [9.17, 15) is 4.79 Å². The van der Waals surface area contributed by atoms with Gasteiger partial charge in [0.25, 0.3) is 0 Å². The normalized spacial score (nSPS) is 26.3. The highest BCUT2D eigenvalue weighted by Gasteiger charge is 2.77. The zero-order valence-corrected chi connectivity index (χ0v) is 15.3. The van der Waals surface area contributed by atoms with Crippen molar-refractivity contribution in [1.82, 2.24) is 19.1 Å². The third-order valence-corrected chi connectivity index (χ3v) is 10.3. The van der Waals surface area contributed by atoms with Crippen molar-refractivity contribution in [3.8, 4) is 0 Å². The molecule has 0 amide bonds. The Bertz CT molecular complexity index is 697. The Morgan fingerprint density at radius 1 is 1.00 bits per heavy atom. The van der Waals surface area contributed by atoms with Crippen molar-refractivity contribution in [2.45, 2.75) is 36.8 Å². The summed E-state index contributed by atoms with van der Waals surface area (Å²) in [5, 5.41) is 0. The fraction of sp³-hybridized carbons (Fsp3) is 0.562. The number of nitrogens with zero attached hydrogens (tertiary/aromatic N) is 4. The first-order chi connectivity index (χ1) is 10.8. The van der Waals surface area contributed by atoms with Crippen LogP contribution in [0.2, 0.25) is 0 Å². The molecule has 1 saturated carbocycles. The van der Waals surface area contributed by atoms with E-state index in [4.69, 9.17) is 0 Å². The summed E-state index contributed by atoms with van der Waals surface area (Å²) in [5.41, 5.74) is -0.705. The quantitative estimate of drug-likeness (QED) is 0.835. The number of thioether (sulfide) groups is 2. The number of rotatable bonds is 2. The molecule has 1 aliphatic heterocycles. The topological polar surface area (TPSA) is 52.7 Å². The molecule has 1 spiro atoms. The molecule has 7 heteroatoms. The molecule has 0 bridgehead atoms. The molecule has 2 fully saturated rings. The summed E-state index contributed by atoms with van der Waals surface area (Å²) in [4.78, 5) is 20.8. The second kappa shape index (κ2) is 4.45. The molecule has 0 unspecified atom stereocenters. The average Bonchev–Trinajstić information content (AvgIpc) is 3.23. The highest BCUT2D eigenvalue weighted by molar-refractivity contribution is 8.22. The first-order valence-electron chi connectivity index (χ1n) is 7.64. The summed E-state index contributed by atoms with van der Waals surface area (Å²) in [6.07, 6.45) is 11.3. The highest BCUT2D eigenvalue weighted by Crippen LogP contribution is 2.77. The molecule has 2 aromatic heterocycles. The van der Waals surface area contributed by atoms with Crippen LogP contribution in [0, 0.1) is 10.8 Å².